The normalized spacial score (nSPS) is 11.2. The Morgan fingerprint density at radius 3 is 2.65 bits per heavy atom. The second kappa shape index (κ2) is 7.46. The smallest absolute Gasteiger partial charge is 0.334 e. The van der Waals surface area contributed by atoms with E-state index < -0.39 is 5.97 Å². The summed E-state index contributed by atoms with van der Waals surface area (Å²) in [5, 5.41) is 8.55. The standard InChI is InChI=1S/C13H16O4/c1-11(13(14)15)9-16-7-8-17-10-12-5-3-2-4-6-12/h2-6,9H,7-8,10H2,1H3,(H,14,15). The van der Waals surface area contributed by atoms with E-state index in [0.717, 1.165) is 5.56 Å². The predicted octanol–water partition coefficient (Wildman–Crippen LogP) is 2.21. The minimum absolute atomic E-state index is 0.174. The van der Waals surface area contributed by atoms with Gasteiger partial charge in [-0.2, -0.15) is 0 Å². The molecule has 0 spiro atoms. The summed E-state index contributed by atoms with van der Waals surface area (Å²) in [6.07, 6.45) is 1.23. The lowest BCUT2D eigenvalue weighted by Crippen LogP contribution is -2.03. The monoisotopic (exact) mass is 236 g/mol. The maximum absolute atomic E-state index is 10.4. The quantitative estimate of drug-likeness (QED) is 0.448. The number of benzene rings is 1. The molecule has 1 aromatic carbocycles. The number of ether oxygens (including phenoxy) is 2. The average molecular weight is 236 g/mol. The summed E-state index contributed by atoms with van der Waals surface area (Å²) in [5.41, 5.74) is 1.28. The molecule has 0 aliphatic carbocycles. The third-order valence-electron chi connectivity index (χ3n) is 2.05. The maximum atomic E-state index is 10.4. The molecule has 0 heterocycles. The first-order valence-electron chi connectivity index (χ1n) is 5.33. The Morgan fingerprint density at radius 1 is 1.29 bits per heavy atom. The van der Waals surface area contributed by atoms with Crippen LogP contribution in [0.3, 0.4) is 0 Å². The van der Waals surface area contributed by atoms with Crippen LogP contribution in [-0.2, 0) is 20.9 Å². The molecule has 0 radical (unpaired) electrons. The fourth-order valence-corrected chi connectivity index (χ4v) is 1.11. The zero-order chi connectivity index (χ0) is 12.5. The van der Waals surface area contributed by atoms with E-state index in [9.17, 15) is 4.79 Å². The van der Waals surface area contributed by atoms with Gasteiger partial charge in [-0.25, -0.2) is 4.79 Å². The fraction of sp³-hybridized carbons (Fsp3) is 0.308. The van der Waals surface area contributed by atoms with Gasteiger partial charge < -0.3 is 14.6 Å². The molecule has 0 unspecified atom stereocenters. The van der Waals surface area contributed by atoms with Crippen LogP contribution in [-0.4, -0.2) is 24.3 Å². The summed E-state index contributed by atoms with van der Waals surface area (Å²) in [5.74, 6) is -0.977. The Hall–Kier alpha value is -1.81. The zero-order valence-electron chi connectivity index (χ0n) is 9.76. The minimum atomic E-state index is -0.977. The number of carboxylic acid groups (broad SMARTS) is 1. The van der Waals surface area contributed by atoms with Gasteiger partial charge in [0.05, 0.1) is 25.0 Å². The molecule has 0 amide bonds. The van der Waals surface area contributed by atoms with Crippen molar-refractivity contribution in [1.29, 1.82) is 0 Å². The molecule has 0 aliphatic heterocycles. The number of carbonyl (C=O) groups is 1. The molecule has 0 saturated carbocycles. The highest BCUT2D eigenvalue weighted by atomic mass is 16.5. The lowest BCUT2D eigenvalue weighted by Gasteiger charge is -2.04. The van der Waals surface area contributed by atoms with Crippen LogP contribution < -0.4 is 0 Å². The van der Waals surface area contributed by atoms with Gasteiger partial charge in [0.15, 0.2) is 0 Å². The van der Waals surface area contributed by atoms with E-state index in [1.54, 1.807) is 0 Å². The largest absolute Gasteiger partial charge is 0.498 e. The summed E-state index contributed by atoms with van der Waals surface area (Å²) in [7, 11) is 0. The minimum Gasteiger partial charge on any atom is -0.498 e. The van der Waals surface area contributed by atoms with Crippen molar-refractivity contribution in [3.8, 4) is 0 Å². The van der Waals surface area contributed by atoms with Crippen molar-refractivity contribution in [2.24, 2.45) is 0 Å². The molecule has 0 aromatic heterocycles. The summed E-state index contributed by atoms with van der Waals surface area (Å²) in [4.78, 5) is 10.4. The van der Waals surface area contributed by atoms with Crippen LogP contribution in [0.4, 0.5) is 0 Å². The highest BCUT2D eigenvalue weighted by molar-refractivity contribution is 5.85. The Kier molecular flexibility index (Phi) is 5.82. The summed E-state index contributed by atoms with van der Waals surface area (Å²) >= 11 is 0. The Labute approximate surface area is 100 Å². The highest BCUT2D eigenvalue weighted by Crippen LogP contribution is 2.00. The molecule has 0 fully saturated rings. The first-order valence-corrected chi connectivity index (χ1v) is 5.33. The Morgan fingerprint density at radius 2 is 2.00 bits per heavy atom. The molecule has 4 heteroatoms. The Bertz CT molecular complexity index is 370. The molecule has 1 rings (SSSR count). The second-order valence-electron chi connectivity index (χ2n) is 3.51. The van der Waals surface area contributed by atoms with Crippen LogP contribution in [0.2, 0.25) is 0 Å². The molecule has 1 N–H and O–H groups in total. The van der Waals surface area contributed by atoms with Crippen molar-refractivity contribution in [3.63, 3.8) is 0 Å². The topological polar surface area (TPSA) is 55.8 Å². The molecule has 0 aliphatic rings. The molecule has 1 aromatic rings. The van der Waals surface area contributed by atoms with Gasteiger partial charge in [-0.1, -0.05) is 30.3 Å². The van der Waals surface area contributed by atoms with Crippen LogP contribution in [0.25, 0.3) is 0 Å². The first-order chi connectivity index (χ1) is 8.20. The van der Waals surface area contributed by atoms with Gasteiger partial charge in [-0.3, -0.25) is 0 Å². The van der Waals surface area contributed by atoms with Crippen LogP contribution in [0, 0.1) is 0 Å². The summed E-state index contributed by atoms with van der Waals surface area (Å²) < 4.78 is 10.4. The molecule has 0 bridgehead atoms. The van der Waals surface area contributed by atoms with Crippen LogP contribution in [0.5, 0.6) is 0 Å². The number of hydrogen-bond donors (Lipinski definition) is 1. The Balaban J connectivity index is 2.10. The van der Waals surface area contributed by atoms with Crippen molar-refractivity contribution in [3.05, 3.63) is 47.7 Å². The molecule has 0 atom stereocenters. The van der Waals surface area contributed by atoms with E-state index in [4.69, 9.17) is 14.6 Å². The average Bonchev–Trinajstić information content (AvgIpc) is 2.34. The van der Waals surface area contributed by atoms with Crippen molar-refractivity contribution < 1.29 is 19.4 Å². The lowest BCUT2D eigenvalue weighted by molar-refractivity contribution is -0.132. The van der Waals surface area contributed by atoms with Crippen LogP contribution >= 0.6 is 0 Å². The molecule has 0 saturated heterocycles. The SMILES string of the molecule is CC(=COCCOCc1ccccc1)C(=O)O. The van der Waals surface area contributed by atoms with Gasteiger partial charge in [0.1, 0.15) is 6.61 Å². The first kappa shape index (κ1) is 13.3. The van der Waals surface area contributed by atoms with E-state index in [-0.39, 0.29) is 5.57 Å². The van der Waals surface area contributed by atoms with Gasteiger partial charge in [0.2, 0.25) is 0 Å². The van der Waals surface area contributed by atoms with E-state index in [2.05, 4.69) is 0 Å². The van der Waals surface area contributed by atoms with Gasteiger partial charge in [-0.05, 0) is 12.5 Å². The van der Waals surface area contributed by atoms with Gasteiger partial charge in [0.25, 0.3) is 0 Å². The van der Waals surface area contributed by atoms with Crippen molar-refractivity contribution in [2.75, 3.05) is 13.2 Å². The van der Waals surface area contributed by atoms with E-state index in [0.29, 0.717) is 19.8 Å². The molecule has 17 heavy (non-hydrogen) atoms. The predicted molar refractivity (Wildman–Crippen MR) is 63.4 cm³/mol. The van der Waals surface area contributed by atoms with Gasteiger partial charge in [-0.15, -0.1) is 0 Å². The number of rotatable bonds is 7. The van der Waals surface area contributed by atoms with E-state index >= 15 is 0 Å². The molecule has 92 valence electrons. The van der Waals surface area contributed by atoms with E-state index in [1.165, 1.54) is 13.2 Å². The zero-order valence-corrected chi connectivity index (χ0v) is 9.76. The third kappa shape index (κ3) is 5.73. The van der Waals surface area contributed by atoms with Crippen molar-refractivity contribution in [1.82, 2.24) is 0 Å². The fourth-order valence-electron chi connectivity index (χ4n) is 1.11. The molecular formula is C13H16O4. The van der Waals surface area contributed by atoms with Crippen molar-refractivity contribution >= 4 is 5.97 Å². The molecular weight excluding hydrogens is 220 g/mol. The number of carboxylic acids is 1. The number of aliphatic carboxylic acids is 1. The lowest BCUT2D eigenvalue weighted by atomic mass is 10.2. The second-order valence-corrected chi connectivity index (χ2v) is 3.51. The van der Waals surface area contributed by atoms with Crippen LogP contribution in [0.15, 0.2) is 42.2 Å². The van der Waals surface area contributed by atoms with Gasteiger partial charge in [0, 0.05) is 0 Å². The third-order valence-corrected chi connectivity index (χ3v) is 2.05. The maximum Gasteiger partial charge on any atom is 0.334 e. The molecule has 4 nitrogen and oxygen atoms in total. The summed E-state index contributed by atoms with van der Waals surface area (Å²) in [6.45, 7) is 2.79. The van der Waals surface area contributed by atoms with Crippen LogP contribution in [0.1, 0.15) is 12.5 Å². The number of hydrogen-bond acceptors (Lipinski definition) is 3. The summed E-state index contributed by atoms with van der Waals surface area (Å²) in [6, 6.07) is 9.82. The van der Waals surface area contributed by atoms with E-state index in [1.807, 2.05) is 30.3 Å². The van der Waals surface area contributed by atoms with Crippen molar-refractivity contribution in [2.45, 2.75) is 13.5 Å². The van der Waals surface area contributed by atoms with Gasteiger partial charge >= 0.3 is 5.97 Å². The highest BCUT2D eigenvalue weighted by Gasteiger charge is 1.98.